The van der Waals surface area contributed by atoms with Gasteiger partial charge in [-0.05, 0) is 18.2 Å². The maximum Gasteiger partial charge on any atom is 0.337 e. The fourth-order valence-electron chi connectivity index (χ4n) is 3.03. The van der Waals surface area contributed by atoms with Crippen LogP contribution in [0.4, 0.5) is 11.4 Å². The number of carboxylic acids is 1. The highest BCUT2D eigenvalue weighted by molar-refractivity contribution is 6.01. The van der Waals surface area contributed by atoms with E-state index in [1.54, 1.807) is 12.1 Å². The zero-order chi connectivity index (χ0) is 19.3. The topological polar surface area (TPSA) is 104 Å². The number of carbonyl (C=O) groups is 2. The van der Waals surface area contributed by atoms with Crippen LogP contribution in [0.1, 0.15) is 36.0 Å². The van der Waals surface area contributed by atoms with Crippen LogP contribution in [0.3, 0.4) is 0 Å². The first-order valence-electron chi connectivity index (χ1n) is 8.90. The first kappa shape index (κ1) is 18.9. The predicted octanol–water partition coefficient (Wildman–Crippen LogP) is 2.52. The van der Waals surface area contributed by atoms with Crippen LogP contribution in [0.5, 0.6) is 0 Å². The SMILES string of the molecule is C#CCCC1(CCC(=O)Nc2ccc(N3CCOCC3)cc2C(=O)O)N=N1. The van der Waals surface area contributed by atoms with Crippen molar-refractivity contribution in [1.29, 1.82) is 0 Å². The summed E-state index contributed by atoms with van der Waals surface area (Å²) in [5.74, 6) is 1.19. The fraction of sp³-hybridized carbons (Fsp3) is 0.474. The highest BCUT2D eigenvalue weighted by Crippen LogP contribution is 2.37. The van der Waals surface area contributed by atoms with Crippen LogP contribution >= 0.6 is 0 Å². The molecular weight excluding hydrogens is 348 g/mol. The maximum absolute atomic E-state index is 12.3. The number of amides is 1. The third-order valence-electron chi connectivity index (χ3n) is 4.69. The van der Waals surface area contributed by atoms with Crippen molar-refractivity contribution in [3.63, 3.8) is 0 Å². The molecule has 2 aliphatic heterocycles. The van der Waals surface area contributed by atoms with Gasteiger partial charge >= 0.3 is 5.97 Å². The van der Waals surface area contributed by atoms with Crippen molar-refractivity contribution in [3.8, 4) is 12.3 Å². The molecule has 2 N–H and O–H groups in total. The third-order valence-corrected chi connectivity index (χ3v) is 4.69. The van der Waals surface area contributed by atoms with Gasteiger partial charge in [0, 0.05) is 44.5 Å². The monoisotopic (exact) mass is 370 g/mol. The molecular formula is C19H22N4O4. The van der Waals surface area contributed by atoms with Gasteiger partial charge in [-0.3, -0.25) is 4.79 Å². The van der Waals surface area contributed by atoms with Crippen molar-refractivity contribution >= 4 is 23.3 Å². The van der Waals surface area contributed by atoms with E-state index in [0.717, 1.165) is 5.69 Å². The van der Waals surface area contributed by atoms with Crippen molar-refractivity contribution in [2.45, 2.75) is 31.3 Å². The Morgan fingerprint density at radius 3 is 2.67 bits per heavy atom. The van der Waals surface area contributed by atoms with Gasteiger partial charge < -0.3 is 20.1 Å². The Morgan fingerprint density at radius 2 is 2.04 bits per heavy atom. The normalized spacial score (nSPS) is 17.2. The molecule has 0 atom stereocenters. The zero-order valence-electron chi connectivity index (χ0n) is 15.0. The van der Waals surface area contributed by atoms with Gasteiger partial charge in [-0.15, -0.1) is 12.3 Å². The van der Waals surface area contributed by atoms with Crippen molar-refractivity contribution in [2.75, 3.05) is 36.5 Å². The molecule has 1 saturated heterocycles. The maximum atomic E-state index is 12.3. The van der Waals surface area contributed by atoms with Gasteiger partial charge in [0.25, 0.3) is 0 Å². The van der Waals surface area contributed by atoms with E-state index in [0.29, 0.717) is 45.6 Å². The summed E-state index contributed by atoms with van der Waals surface area (Å²) in [5.41, 5.74) is 0.624. The smallest absolute Gasteiger partial charge is 0.337 e. The molecule has 0 bridgehead atoms. The summed E-state index contributed by atoms with van der Waals surface area (Å²) in [4.78, 5) is 26.0. The summed E-state index contributed by atoms with van der Waals surface area (Å²) in [6.45, 7) is 2.63. The molecule has 8 nitrogen and oxygen atoms in total. The second-order valence-corrected chi connectivity index (χ2v) is 6.57. The summed E-state index contributed by atoms with van der Waals surface area (Å²) in [7, 11) is 0. The van der Waals surface area contributed by atoms with Gasteiger partial charge in [0.2, 0.25) is 5.91 Å². The number of aromatic carboxylic acids is 1. The molecule has 1 aromatic carbocycles. The van der Waals surface area contributed by atoms with Crippen molar-refractivity contribution < 1.29 is 19.4 Å². The number of hydrogen-bond donors (Lipinski definition) is 2. The van der Waals surface area contributed by atoms with E-state index in [9.17, 15) is 14.7 Å². The Morgan fingerprint density at radius 1 is 1.30 bits per heavy atom. The number of anilines is 2. The van der Waals surface area contributed by atoms with Crippen molar-refractivity contribution in [1.82, 2.24) is 0 Å². The van der Waals surface area contributed by atoms with E-state index in [4.69, 9.17) is 11.2 Å². The number of carbonyl (C=O) groups excluding carboxylic acids is 1. The molecule has 8 heteroatoms. The summed E-state index contributed by atoms with van der Waals surface area (Å²) in [5, 5.41) is 20.2. The van der Waals surface area contributed by atoms with E-state index in [-0.39, 0.29) is 23.6 Å². The first-order valence-corrected chi connectivity index (χ1v) is 8.90. The lowest BCUT2D eigenvalue weighted by atomic mass is 10.0. The molecule has 1 fully saturated rings. The highest BCUT2D eigenvalue weighted by Gasteiger charge is 2.39. The zero-order valence-corrected chi connectivity index (χ0v) is 15.0. The second-order valence-electron chi connectivity index (χ2n) is 6.57. The Bertz CT molecular complexity index is 787. The number of terminal acetylenes is 1. The number of nitrogens with zero attached hydrogens (tertiary/aromatic N) is 3. The van der Waals surface area contributed by atoms with Gasteiger partial charge in [-0.25, -0.2) is 4.79 Å². The van der Waals surface area contributed by atoms with Crippen molar-refractivity contribution in [2.24, 2.45) is 10.2 Å². The second kappa shape index (κ2) is 8.18. The third kappa shape index (κ3) is 4.83. The summed E-state index contributed by atoms with van der Waals surface area (Å²) < 4.78 is 5.32. The molecule has 2 aliphatic rings. The van der Waals surface area contributed by atoms with Gasteiger partial charge in [0.1, 0.15) is 0 Å². The number of rotatable bonds is 8. The van der Waals surface area contributed by atoms with Crippen LogP contribution < -0.4 is 10.2 Å². The molecule has 0 aliphatic carbocycles. The molecule has 0 spiro atoms. The van der Waals surface area contributed by atoms with Crippen molar-refractivity contribution in [3.05, 3.63) is 23.8 Å². The van der Waals surface area contributed by atoms with Gasteiger partial charge in [-0.1, -0.05) is 0 Å². The summed E-state index contributed by atoms with van der Waals surface area (Å²) in [6.07, 6.45) is 7.10. The van der Waals surface area contributed by atoms with E-state index in [1.165, 1.54) is 0 Å². The Kier molecular flexibility index (Phi) is 5.72. The number of benzene rings is 1. The van der Waals surface area contributed by atoms with E-state index < -0.39 is 11.6 Å². The lowest BCUT2D eigenvalue weighted by molar-refractivity contribution is -0.116. The number of hydrogen-bond acceptors (Lipinski definition) is 6. The minimum atomic E-state index is -1.09. The van der Waals surface area contributed by atoms with Gasteiger partial charge in [-0.2, -0.15) is 10.2 Å². The predicted molar refractivity (Wildman–Crippen MR) is 100.0 cm³/mol. The molecule has 2 heterocycles. The van der Waals surface area contributed by atoms with Crippen LogP contribution in [-0.4, -0.2) is 48.9 Å². The molecule has 0 unspecified atom stereocenters. The van der Waals surface area contributed by atoms with Gasteiger partial charge in [0.15, 0.2) is 5.66 Å². The average Bonchev–Trinajstić information content (AvgIpc) is 3.46. The number of carboxylic acid groups (broad SMARTS) is 1. The molecule has 142 valence electrons. The molecule has 0 saturated carbocycles. The van der Waals surface area contributed by atoms with Crippen LogP contribution in [0, 0.1) is 12.3 Å². The number of nitrogens with one attached hydrogen (secondary N) is 1. The van der Waals surface area contributed by atoms with Gasteiger partial charge in [0.05, 0.1) is 24.5 Å². The molecule has 1 aromatic rings. The number of morpholine rings is 1. The minimum Gasteiger partial charge on any atom is -0.478 e. The molecule has 0 radical (unpaired) electrons. The lowest BCUT2D eigenvalue weighted by Crippen LogP contribution is -2.36. The molecule has 0 aromatic heterocycles. The Hall–Kier alpha value is -2.92. The van der Waals surface area contributed by atoms with Crippen LogP contribution in [0.2, 0.25) is 0 Å². The summed E-state index contributed by atoms with van der Waals surface area (Å²) >= 11 is 0. The average molecular weight is 370 g/mol. The standard InChI is InChI=1S/C19H22N4O4/c1-2-3-7-19(21-22-19)8-6-17(24)20-16-5-4-14(13-15(16)18(25)26)23-9-11-27-12-10-23/h1,4-5,13H,3,6-12H2,(H,20,24)(H,25,26). The minimum absolute atomic E-state index is 0.0650. The molecule has 1 amide bonds. The first-order chi connectivity index (χ1) is 13.0. The lowest BCUT2D eigenvalue weighted by Gasteiger charge is -2.29. The largest absolute Gasteiger partial charge is 0.478 e. The van der Waals surface area contributed by atoms with E-state index in [1.807, 2.05) is 6.07 Å². The van der Waals surface area contributed by atoms with E-state index in [2.05, 4.69) is 26.4 Å². The van der Waals surface area contributed by atoms with Crippen LogP contribution in [-0.2, 0) is 9.53 Å². The van der Waals surface area contributed by atoms with Crippen LogP contribution in [0.15, 0.2) is 28.4 Å². The quantitative estimate of drug-likeness (QED) is 0.684. The van der Waals surface area contributed by atoms with Crippen LogP contribution in [0.25, 0.3) is 0 Å². The number of ether oxygens (including phenoxy) is 1. The Labute approximate surface area is 157 Å². The summed E-state index contributed by atoms with van der Waals surface area (Å²) in [6, 6.07) is 5.03. The van der Waals surface area contributed by atoms with E-state index >= 15 is 0 Å². The Balaban J connectivity index is 1.62. The molecule has 3 rings (SSSR count). The molecule has 27 heavy (non-hydrogen) atoms. The highest BCUT2D eigenvalue weighted by atomic mass is 16.5. The fourth-order valence-corrected chi connectivity index (χ4v) is 3.03.